The van der Waals surface area contributed by atoms with E-state index in [0.717, 1.165) is 18.2 Å². The molecule has 7 nitrogen and oxygen atoms in total. The summed E-state index contributed by atoms with van der Waals surface area (Å²) in [5.74, 6) is -1.71. The van der Waals surface area contributed by atoms with Gasteiger partial charge in [0.05, 0.1) is 16.9 Å². The molecule has 0 fully saturated rings. The molecule has 154 valence electrons. The Bertz CT molecular complexity index is 957. The fourth-order valence-electron chi connectivity index (χ4n) is 2.51. The number of nitrogens with one attached hydrogen (secondary N) is 1. The number of carbonyl (C=O) groups is 2. The topological polar surface area (TPSA) is 98.5 Å². The zero-order valence-electron chi connectivity index (χ0n) is 15.5. The molecule has 0 saturated carbocycles. The Labute approximate surface area is 163 Å². The maximum Gasteiger partial charge on any atom is 0.416 e. The number of alkyl halides is 3. The Morgan fingerprint density at radius 1 is 1.17 bits per heavy atom. The van der Waals surface area contributed by atoms with Crippen molar-refractivity contribution < 1.29 is 32.4 Å². The second kappa shape index (κ2) is 8.72. The van der Waals surface area contributed by atoms with Gasteiger partial charge in [0.25, 0.3) is 11.6 Å². The molecule has 2 aromatic rings. The number of amides is 1. The van der Waals surface area contributed by atoms with Crippen LogP contribution in [0, 0.1) is 24.0 Å². The van der Waals surface area contributed by atoms with E-state index in [2.05, 4.69) is 5.32 Å². The lowest BCUT2D eigenvalue weighted by molar-refractivity contribution is -0.384. The average molecular weight is 410 g/mol. The summed E-state index contributed by atoms with van der Waals surface area (Å²) >= 11 is 0. The van der Waals surface area contributed by atoms with Crippen molar-refractivity contribution in [2.75, 3.05) is 11.9 Å². The summed E-state index contributed by atoms with van der Waals surface area (Å²) in [5, 5.41) is 13.5. The quantitative estimate of drug-likeness (QED) is 0.442. The standard InChI is InChI=1S/C19H17F3N2O5/c1-11-6-7-15(24(27)28)18(12(11)2)23-16(25)10-29-17(26)9-13-4-3-5-14(8-13)19(20,21)22/h3-8H,9-10H2,1-2H3,(H,23,25). The molecule has 0 saturated heterocycles. The number of nitro groups is 1. The average Bonchev–Trinajstić information content (AvgIpc) is 2.63. The first-order chi connectivity index (χ1) is 13.5. The lowest BCUT2D eigenvalue weighted by Crippen LogP contribution is -2.22. The monoisotopic (exact) mass is 410 g/mol. The third-order valence-corrected chi connectivity index (χ3v) is 4.14. The molecule has 0 heterocycles. The summed E-state index contributed by atoms with van der Waals surface area (Å²) in [6.45, 7) is 2.57. The van der Waals surface area contributed by atoms with Crippen molar-refractivity contribution in [1.82, 2.24) is 0 Å². The van der Waals surface area contributed by atoms with E-state index >= 15 is 0 Å². The number of rotatable bonds is 6. The normalized spacial score (nSPS) is 11.1. The Hall–Kier alpha value is -3.43. The molecule has 0 bridgehead atoms. The molecule has 1 N–H and O–H groups in total. The van der Waals surface area contributed by atoms with Gasteiger partial charge in [0, 0.05) is 6.07 Å². The number of hydrogen-bond donors (Lipinski definition) is 1. The van der Waals surface area contributed by atoms with E-state index in [1.165, 1.54) is 18.2 Å². The number of anilines is 1. The van der Waals surface area contributed by atoms with Crippen LogP contribution in [-0.2, 0) is 26.9 Å². The van der Waals surface area contributed by atoms with Gasteiger partial charge in [0.2, 0.25) is 0 Å². The minimum absolute atomic E-state index is 0.00562. The first-order valence-electron chi connectivity index (χ1n) is 8.35. The van der Waals surface area contributed by atoms with E-state index in [-0.39, 0.29) is 16.9 Å². The first kappa shape index (κ1) is 21.9. The zero-order valence-corrected chi connectivity index (χ0v) is 15.5. The van der Waals surface area contributed by atoms with Crippen LogP contribution >= 0.6 is 0 Å². The van der Waals surface area contributed by atoms with Gasteiger partial charge in [-0.3, -0.25) is 19.7 Å². The van der Waals surface area contributed by atoms with E-state index in [9.17, 15) is 32.9 Å². The molecule has 0 aliphatic rings. The molecular formula is C19H17F3N2O5. The highest BCUT2D eigenvalue weighted by atomic mass is 19.4. The van der Waals surface area contributed by atoms with Gasteiger partial charge in [-0.1, -0.05) is 24.3 Å². The maximum atomic E-state index is 12.7. The van der Waals surface area contributed by atoms with Gasteiger partial charge in [0.15, 0.2) is 6.61 Å². The molecular weight excluding hydrogens is 393 g/mol. The van der Waals surface area contributed by atoms with Gasteiger partial charge >= 0.3 is 12.1 Å². The van der Waals surface area contributed by atoms with E-state index in [0.29, 0.717) is 11.1 Å². The third kappa shape index (κ3) is 5.77. The smallest absolute Gasteiger partial charge is 0.416 e. The summed E-state index contributed by atoms with van der Waals surface area (Å²) in [4.78, 5) is 34.3. The van der Waals surface area contributed by atoms with Crippen LogP contribution in [0.1, 0.15) is 22.3 Å². The molecule has 29 heavy (non-hydrogen) atoms. The van der Waals surface area contributed by atoms with Crippen LogP contribution < -0.4 is 5.32 Å². The molecule has 0 aliphatic carbocycles. The van der Waals surface area contributed by atoms with E-state index < -0.39 is 41.6 Å². The molecule has 0 aromatic heterocycles. The highest BCUT2D eigenvalue weighted by Gasteiger charge is 2.30. The number of esters is 1. The fraction of sp³-hybridized carbons (Fsp3) is 0.263. The number of nitro benzene ring substituents is 1. The molecule has 2 rings (SSSR count). The predicted molar refractivity (Wildman–Crippen MR) is 97.3 cm³/mol. The van der Waals surface area contributed by atoms with E-state index in [1.807, 2.05) is 0 Å². The minimum atomic E-state index is -4.54. The van der Waals surface area contributed by atoms with Crippen molar-refractivity contribution in [2.24, 2.45) is 0 Å². The third-order valence-electron chi connectivity index (χ3n) is 4.14. The largest absolute Gasteiger partial charge is 0.455 e. The number of carbonyl (C=O) groups excluding carboxylic acids is 2. The zero-order chi connectivity index (χ0) is 21.8. The van der Waals surface area contributed by atoms with Crippen molar-refractivity contribution in [1.29, 1.82) is 0 Å². The molecule has 0 spiro atoms. The first-order valence-corrected chi connectivity index (χ1v) is 8.35. The van der Waals surface area contributed by atoms with Crippen LogP contribution in [0.25, 0.3) is 0 Å². The summed E-state index contributed by atoms with van der Waals surface area (Å²) in [6.07, 6.45) is -5.00. The number of halogens is 3. The molecule has 0 aliphatic heterocycles. The van der Waals surface area contributed by atoms with E-state index in [4.69, 9.17) is 4.74 Å². The number of ether oxygens (including phenoxy) is 1. The summed E-state index contributed by atoms with van der Waals surface area (Å²) in [7, 11) is 0. The number of benzene rings is 2. The van der Waals surface area contributed by atoms with Crippen molar-refractivity contribution in [3.63, 3.8) is 0 Å². The highest BCUT2D eigenvalue weighted by molar-refractivity contribution is 5.96. The number of aryl methyl sites for hydroxylation is 1. The highest BCUT2D eigenvalue weighted by Crippen LogP contribution is 2.30. The number of nitrogens with zero attached hydrogens (tertiary/aromatic N) is 1. The van der Waals surface area contributed by atoms with Crippen molar-refractivity contribution in [3.8, 4) is 0 Å². The van der Waals surface area contributed by atoms with Gasteiger partial charge in [-0.25, -0.2) is 0 Å². The number of hydrogen-bond acceptors (Lipinski definition) is 5. The van der Waals surface area contributed by atoms with Crippen LogP contribution in [0.4, 0.5) is 24.5 Å². The maximum absolute atomic E-state index is 12.7. The van der Waals surface area contributed by atoms with Crippen LogP contribution in [0.2, 0.25) is 0 Å². The van der Waals surface area contributed by atoms with Crippen molar-refractivity contribution >= 4 is 23.3 Å². The lowest BCUT2D eigenvalue weighted by atomic mass is 10.1. The molecule has 10 heteroatoms. The Morgan fingerprint density at radius 2 is 1.86 bits per heavy atom. The van der Waals surface area contributed by atoms with Crippen molar-refractivity contribution in [3.05, 3.63) is 68.8 Å². The predicted octanol–water partition coefficient (Wildman–Crippen LogP) is 3.95. The fourth-order valence-corrected chi connectivity index (χ4v) is 2.51. The van der Waals surface area contributed by atoms with Crippen LogP contribution in [-0.4, -0.2) is 23.4 Å². The van der Waals surface area contributed by atoms with Crippen molar-refractivity contribution in [2.45, 2.75) is 26.4 Å². The Balaban J connectivity index is 1.99. The van der Waals surface area contributed by atoms with E-state index in [1.54, 1.807) is 13.8 Å². The molecule has 1 amide bonds. The molecule has 2 aromatic carbocycles. The summed E-state index contributed by atoms with van der Waals surface area (Å²) in [6, 6.07) is 6.98. The molecule has 0 atom stereocenters. The second-order valence-corrected chi connectivity index (χ2v) is 6.24. The SMILES string of the molecule is Cc1ccc([N+](=O)[O-])c(NC(=O)COC(=O)Cc2cccc(C(F)(F)F)c2)c1C. The van der Waals surface area contributed by atoms with Crippen LogP contribution in [0.5, 0.6) is 0 Å². The van der Waals surface area contributed by atoms with Gasteiger partial charge in [-0.2, -0.15) is 13.2 Å². The van der Waals surface area contributed by atoms with Gasteiger partial charge in [0.1, 0.15) is 5.69 Å². The van der Waals surface area contributed by atoms with Gasteiger partial charge in [-0.05, 0) is 36.6 Å². The second-order valence-electron chi connectivity index (χ2n) is 6.24. The Morgan fingerprint density at radius 3 is 2.48 bits per heavy atom. The minimum Gasteiger partial charge on any atom is -0.455 e. The summed E-state index contributed by atoms with van der Waals surface area (Å²) in [5.41, 5.74) is 0.0686. The lowest BCUT2D eigenvalue weighted by Gasteiger charge is -2.11. The van der Waals surface area contributed by atoms with Gasteiger partial charge < -0.3 is 10.1 Å². The van der Waals surface area contributed by atoms with Crippen LogP contribution in [0.15, 0.2) is 36.4 Å². The molecule has 0 radical (unpaired) electrons. The van der Waals surface area contributed by atoms with Crippen LogP contribution in [0.3, 0.4) is 0 Å². The summed E-state index contributed by atoms with van der Waals surface area (Å²) < 4.78 is 42.9. The molecule has 0 unspecified atom stereocenters. The Kier molecular flexibility index (Phi) is 6.57. The van der Waals surface area contributed by atoms with Gasteiger partial charge in [-0.15, -0.1) is 0 Å².